The summed E-state index contributed by atoms with van der Waals surface area (Å²) in [5.74, 6) is -0.974. The van der Waals surface area contributed by atoms with Crippen LogP contribution in [0.5, 0.6) is 0 Å². The number of hydrogen-bond acceptors (Lipinski definition) is 6. The minimum atomic E-state index is -0.548. The molecular formula is C23H26N4O3. The van der Waals surface area contributed by atoms with Gasteiger partial charge < -0.3 is 20.3 Å². The zero-order chi connectivity index (χ0) is 21.9. The fourth-order valence-corrected chi connectivity index (χ4v) is 2.76. The molecule has 1 amide bonds. The van der Waals surface area contributed by atoms with Crippen LogP contribution in [0.3, 0.4) is 0 Å². The SMILES string of the molecule is CCOC(=O)c1ccc(NC(=O)/C(C#N)=C\Nc2ccc(N(CC)CC)cc2)cc1. The van der Waals surface area contributed by atoms with Gasteiger partial charge in [0.05, 0.1) is 12.2 Å². The lowest BCUT2D eigenvalue weighted by Gasteiger charge is -2.21. The molecule has 30 heavy (non-hydrogen) atoms. The molecule has 0 aliphatic carbocycles. The topological polar surface area (TPSA) is 94.5 Å². The summed E-state index contributed by atoms with van der Waals surface area (Å²) < 4.78 is 4.92. The van der Waals surface area contributed by atoms with Crippen molar-refractivity contribution in [3.05, 3.63) is 65.9 Å². The van der Waals surface area contributed by atoms with Crippen LogP contribution in [0.25, 0.3) is 0 Å². The van der Waals surface area contributed by atoms with Gasteiger partial charge in [0.1, 0.15) is 11.6 Å². The number of nitrogens with one attached hydrogen (secondary N) is 2. The molecule has 2 aromatic rings. The molecule has 0 atom stereocenters. The minimum Gasteiger partial charge on any atom is -0.462 e. The first-order valence-electron chi connectivity index (χ1n) is 9.82. The average Bonchev–Trinajstić information content (AvgIpc) is 2.76. The Hall–Kier alpha value is -3.79. The predicted octanol–water partition coefficient (Wildman–Crippen LogP) is 4.17. The van der Waals surface area contributed by atoms with Crippen LogP contribution in [0.2, 0.25) is 0 Å². The van der Waals surface area contributed by atoms with Crippen molar-refractivity contribution in [1.29, 1.82) is 5.26 Å². The summed E-state index contributed by atoms with van der Waals surface area (Å²) in [6.45, 7) is 8.06. The van der Waals surface area contributed by atoms with Gasteiger partial charge in [-0.15, -0.1) is 0 Å². The maximum absolute atomic E-state index is 12.4. The zero-order valence-electron chi connectivity index (χ0n) is 17.4. The van der Waals surface area contributed by atoms with E-state index in [1.165, 1.54) is 6.20 Å². The van der Waals surface area contributed by atoms with Crippen molar-refractivity contribution in [1.82, 2.24) is 0 Å². The molecule has 7 heteroatoms. The highest BCUT2D eigenvalue weighted by Crippen LogP contribution is 2.18. The first-order chi connectivity index (χ1) is 14.5. The Morgan fingerprint density at radius 1 is 1.00 bits per heavy atom. The second-order valence-corrected chi connectivity index (χ2v) is 6.29. The molecule has 0 aromatic heterocycles. The molecule has 0 spiro atoms. The van der Waals surface area contributed by atoms with Gasteiger partial charge in [0, 0.05) is 36.4 Å². The Balaban J connectivity index is 2.01. The number of esters is 1. The van der Waals surface area contributed by atoms with E-state index < -0.39 is 11.9 Å². The molecule has 0 unspecified atom stereocenters. The number of benzene rings is 2. The third kappa shape index (κ3) is 6.11. The summed E-state index contributed by atoms with van der Waals surface area (Å²) in [5, 5.41) is 14.9. The second kappa shape index (κ2) is 11.3. The number of anilines is 3. The Morgan fingerprint density at radius 3 is 2.13 bits per heavy atom. The molecule has 7 nitrogen and oxygen atoms in total. The van der Waals surface area contributed by atoms with Crippen molar-refractivity contribution in [3.63, 3.8) is 0 Å². The highest BCUT2D eigenvalue weighted by atomic mass is 16.5. The summed E-state index contributed by atoms with van der Waals surface area (Å²) in [5.41, 5.74) is 2.67. The van der Waals surface area contributed by atoms with E-state index in [0.29, 0.717) is 17.9 Å². The lowest BCUT2D eigenvalue weighted by molar-refractivity contribution is -0.112. The number of amides is 1. The van der Waals surface area contributed by atoms with Crippen LogP contribution in [-0.2, 0) is 9.53 Å². The molecule has 2 aromatic carbocycles. The first kappa shape index (κ1) is 22.5. The Kier molecular flexibility index (Phi) is 8.45. The molecular weight excluding hydrogens is 380 g/mol. The Bertz CT molecular complexity index is 924. The number of nitrogens with zero attached hydrogens (tertiary/aromatic N) is 2. The van der Waals surface area contributed by atoms with Crippen molar-refractivity contribution < 1.29 is 14.3 Å². The number of carbonyl (C=O) groups excluding carboxylic acids is 2. The van der Waals surface area contributed by atoms with Crippen LogP contribution < -0.4 is 15.5 Å². The van der Waals surface area contributed by atoms with E-state index in [1.807, 2.05) is 30.3 Å². The van der Waals surface area contributed by atoms with E-state index in [9.17, 15) is 14.9 Å². The van der Waals surface area contributed by atoms with Gasteiger partial charge in [0.2, 0.25) is 0 Å². The van der Waals surface area contributed by atoms with Gasteiger partial charge in [-0.2, -0.15) is 5.26 Å². The maximum atomic E-state index is 12.4. The van der Waals surface area contributed by atoms with E-state index in [2.05, 4.69) is 29.4 Å². The highest BCUT2D eigenvalue weighted by Gasteiger charge is 2.11. The van der Waals surface area contributed by atoms with Crippen LogP contribution in [0, 0.1) is 11.3 Å². The van der Waals surface area contributed by atoms with Crippen molar-refractivity contribution in [3.8, 4) is 6.07 Å². The van der Waals surface area contributed by atoms with Crippen LogP contribution in [0.15, 0.2) is 60.3 Å². The van der Waals surface area contributed by atoms with Crippen LogP contribution in [0.1, 0.15) is 31.1 Å². The Labute approximate surface area is 177 Å². The van der Waals surface area contributed by atoms with E-state index in [4.69, 9.17) is 4.74 Å². The van der Waals surface area contributed by atoms with Crippen LogP contribution >= 0.6 is 0 Å². The number of carbonyl (C=O) groups is 2. The van der Waals surface area contributed by atoms with E-state index in [1.54, 1.807) is 31.2 Å². The van der Waals surface area contributed by atoms with Gasteiger partial charge in [0.25, 0.3) is 5.91 Å². The molecule has 156 valence electrons. The molecule has 0 aliphatic rings. The summed E-state index contributed by atoms with van der Waals surface area (Å²) in [4.78, 5) is 26.3. The second-order valence-electron chi connectivity index (χ2n) is 6.29. The summed E-state index contributed by atoms with van der Waals surface area (Å²) >= 11 is 0. The standard InChI is InChI=1S/C23H26N4O3/c1-4-27(5-2)21-13-11-19(12-14-21)25-16-18(15-24)22(28)26-20-9-7-17(8-10-20)23(29)30-6-3/h7-14,16,25H,4-6H2,1-3H3,(H,26,28)/b18-16-. The van der Waals surface area contributed by atoms with Crippen molar-refractivity contribution >= 4 is 28.9 Å². The van der Waals surface area contributed by atoms with Crippen LogP contribution in [-0.4, -0.2) is 31.6 Å². The molecule has 0 radical (unpaired) electrons. The lowest BCUT2D eigenvalue weighted by Crippen LogP contribution is -2.21. The molecule has 0 saturated carbocycles. The van der Waals surface area contributed by atoms with Gasteiger partial charge >= 0.3 is 5.97 Å². The van der Waals surface area contributed by atoms with Gasteiger partial charge in [-0.3, -0.25) is 4.79 Å². The fourth-order valence-electron chi connectivity index (χ4n) is 2.76. The maximum Gasteiger partial charge on any atom is 0.338 e. The number of ether oxygens (including phenoxy) is 1. The normalized spacial score (nSPS) is 10.7. The molecule has 0 fully saturated rings. The number of hydrogen-bond donors (Lipinski definition) is 2. The number of nitriles is 1. The highest BCUT2D eigenvalue weighted by molar-refractivity contribution is 6.06. The minimum absolute atomic E-state index is 0.0720. The van der Waals surface area contributed by atoms with E-state index >= 15 is 0 Å². The largest absolute Gasteiger partial charge is 0.462 e. The average molecular weight is 406 g/mol. The van der Waals surface area contributed by atoms with E-state index in [0.717, 1.165) is 24.5 Å². The molecule has 2 rings (SSSR count). The molecule has 0 saturated heterocycles. The van der Waals surface area contributed by atoms with Crippen molar-refractivity contribution in [2.75, 3.05) is 35.2 Å². The van der Waals surface area contributed by atoms with Crippen molar-refractivity contribution in [2.24, 2.45) is 0 Å². The smallest absolute Gasteiger partial charge is 0.338 e. The summed E-state index contributed by atoms with van der Waals surface area (Å²) in [6, 6.07) is 15.9. The number of rotatable bonds is 9. The summed E-state index contributed by atoms with van der Waals surface area (Å²) in [7, 11) is 0. The van der Waals surface area contributed by atoms with Crippen LogP contribution in [0.4, 0.5) is 17.1 Å². The van der Waals surface area contributed by atoms with Gasteiger partial charge in [-0.25, -0.2) is 4.79 Å². The van der Waals surface area contributed by atoms with Gasteiger partial charge in [-0.1, -0.05) is 0 Å². The lowest BCUT2D eigenvalue weighted by atomic mass is 10.2. The molecule has 2 N–H and O–H groups in total. The first-order valence-corrected chi connectivity index (χ1v) is 9.82. The third-order valence-electron chi connectivity index (χ3n) is 4.40. The molecule has 0 aliphatic heterocycles. The van der Waals surface area contributed by atoms with Crippen molar-refractivity contribution in [2.45, 2.75) is 20.8 Å². The Morgan fingerprint density at radius 2 is 1.60 bits per heavy atom. The zero-order valence-corrected chi connectivity index (χ0v) is 17.4. The molecule has 0 heterocycles. The van der Waals surface area contributed by atoms with Gasteiger partial charge in [0.15, 0.2) is 0 Å². The fraction of sp³-hybridized carbons (Fsp3) is 0.261. The monoisotopic (exact) mass is 406 g/mol. The van der Waals surface area contributed by atoms with E-state index in [-0.39, 0.29) is 5.57 Å². The quantitative estimate of drug-likeness (QED) is 0.369. The third-order valence-corrected chi connectivity index (χ3v) is 4.40. The predicted molar refractivity (Wildman–Crippen MR) is 118 cm³/mol. The van der Waals surface area contributed by atoms with Gasteiger partial charge in [-0.05, 0) is 69.3 Å². The molecule has 0 bridgehead atoms. The summed E-state index contributed by atoms with van der Waals surface area (Å²) in [6.07, 6.45) is 1.37.